The summed E-state index contributed by atoms with van der Waals surface area (Å²) in [6.07, 6.45) is 3.95. The van der Waals surface area contributed by atoms with Gasteiger partial charge in [-0.2, -0.15) is 0 Å². The number of rotatable bonds is 6. The third kappa shape index (κ3) is 4.13. The largest absolute Gasteiger partial charge is 0.371 e. The minimum absolute atomic E-state index is 0.112. The monoisotopic (exact) mass is 413 g/mol. The minimum atomic E-state index is -0.293. The van der Waals surface area contributed by atoms with Gasteiger partial charge in [0.1, 0.15) is 5.69 Å². The lowest BCUT2D eigenvalue weighted by molar-refractivity contribution is -0.384. The van der Waals surface area contributed by atoms with Gasteiger partial charge in [0.05, 0.1) is 11.0 Å². The van der Waals surface area contributed by atoms with Gasteiger partial charge in [0, 0.05) is 24.8 Å². The molecule has 1 aliphatic carbocycles. The van der Waals surface area contributed by atoms with Crippen molar-refractivity contribution in [3.63, 3.8) is 0 Å². The SMILES string of the molecule is O=[N+]([O-])c1ccc(N2CC3CCC(C3)C2)cc1NC(c1ccccc1)c1ccccc1. The molecule has 3 aromatic carbocycles. The van der Waals surface area contributed by atoms with Crippen LogP contribution in [0, 0.1) is 22.0 Å². The summed E-state index contributed by atoms with van der Waals surface area (Å²) in [4.78, 5) is 14.0. The Hall–Kier alpha value is -3.34. The van der Waals surface area contributed by atoms with Gasteiger partial charge in [-0.1, -0.05) is 60.7 Å². The molecule has 158 valence electrons. The van der Waals surface area contributed by atoms with Crippen molar-refractivity contribution in [3.8, 4) is 0 Å². The van der Waals surface area contributed by atoms with Crippen LogP contribution in [-0.2, 0) is 0 Å². The number of nitro groups is 1. The molecule has 1 N–H and O–H groups in total. The highest BCUT2D eigenvalue weighted by Crippen LogP contribution is 2.40. The fourth-order valence-corrected chi connectivity index (χ4v) is 5.22. The lowest BCUT2D eigenvalue weighted by Gasteiger charge is -2.34. The highest BCUT2D eigenvalue weighted by atomic mass is 16.6. The molecule has 5 rings (SSSR count). The fourth-order valence-electron chi connectivity index (χ4n) is 5.22. The molecule has 2 unspecified atom stereocenters. The van der Waals surface area contributed by atoms with E-state index in [1.54, 1.807) is 6.07 Å². The van der Waals surface area contributed by atoms with Crippen molar-refractivity contribution in [2.24, 2.45) is 11.8 Å². The van der Waals surface area contributed by atoms with E-state index in [9.17, 15) is 10.1 Å². The third-order valence-electron chi connectivity index (χ3n) is 6.71. The molecular weight excluding hydrogens is 386 g/mol. The molecule has 1 saturated carbocycles. The second-order valence-electron chi connectivity index (χ2n) is 8.81. The number of benzene rings is 3. The van der Waals surface area contributed by atoms with E-state index in [1.807, 2.05) is 48.5 Å². The second-order valence-corrected chi connectivity index (χ2v) is 8.81. The summed E-state index contributed by atoms with van der Waals surface area (Å²) < 4.78 is 0. The zero-order valence-electron chi connectivity index (χ0n) is 17.5. The molecule has 2 atom stereocenters. The normalized spacial score (nSPS) is 20.1. The van der Waals surface area contributed by atoms with Crippen LogP contribution in [0.15, 0.2) is 78.9 Å². The molecule has 0 amide bonds. The molecule has 0 spiro atoms. The van der Waals surface area contributed by atoms with E-state index in [2.05, 4.69) is 34.5 Å². The van der Waals surface area contributed by atoms with Crippen LogP contribution in [0.1, 0.15) is 36.4 Å². The number of nitrogens with one attached hydrogen (secondary N) is 1. The lowest BCUT2D eigenvalue weighted by Crippen LogP contribution is -2.36. The van der Waals surface area contributed by atoms with Gasteiger partial charge in [-0.15, -0.1) is 0 Å². The molecule has 5 nitrogen and oxygen atoms in total. The average Bonchev–Trinajstić information content (AvgIpc) is 3.15. The molecule has 1 heterocycles. The number of hydrogen-bond donors (Lipinski definition) is 1. The maximum absolute atomic E-state index is 11.8. The zero-order valence-corrected chi connectivity index (χ0v) is 17.5. The highest BCUT2D eigenvalue weighted by molar-refractivity contribution is 5.70. The topological polar surface area (TPSA) is 58.4 Å². The summed E-state index contributed by atoms with van der Waals surface area (Å²) in [6.45, 7) is 2.10. The number of hydrogen-bond acceptors (Lipinski definition) is 4. The number of fused-ring (bicyclic) bond motifs is 2. The van der Waals surface area contributed by atoms with Crippen molar-refractivity contribution in [2.75, 3.05) is 23.3 Å². The quantitative estimate of drug-likeness (QED) is 0.396. The van der Waals surface area contributed by atoms with E-state index in [0.29, 0.717) is 5.69 Å². The van der Waals surface area contributed by atoms with Crippen molar-refractivity contribution >= 4 is 17.1 Å². The molecular formula is C26H27N3O2. The van der Waals surface area contributed by atoms with E-state index in [0.717, 1.165) is 41.7 Å². The van der Waals surface area contributed by atoms with Gasteiger partial charge >= 0.3 is 0 Å². The fraction of sp³-hybridized carbons (Fsp3) is 0.308. The van der Waals surface area contributed by atoms with Gasteiger partial charge in [-0.25, -0.2) is 0 Å². The third-order valence-corrected chi connectivity index (χ3v) is 6.71. The van der Waals surface area contributed by atoms with E-state index >= 15 is 0 Å². The van der Waals surface area contributed by atoms with E-state index in [-0.39, 0.29) is 16.7 Å². The molecule has 5 heteroatoms. The van der Waals surface area contributed by atoms with Crippen LogP contribution in [-0.4, -0.2) is 18.0 Å². The second kappa shape index (κ2) is 8.42. The molecule has 0 radical (unpaired) electrons. The molecule has 2 aliphatic rings. The smallest absolute Gasteiger partial charge is 0.292 e. The van der Waals surface area contributed by atoms with Gasteiger partial charge in [0.25, 0.3) is 5.69 Å². The summed E-state index contributed by atoms with van der Waals surface area (Å²) in [5.74, 6) is 1.51. The predicted molar refractivity (Wildman–Crippen MR) is 124 cm³/mol. The van der Waals surface area contributed by atoms with E-state index < -0.39 is 0 Å². The summed E-state index contributed by atoms with van der Waals surface area (Å²) in [5.41, 5.74) is 3.90. The van der Waals surface area contributed by atoms with Gasteiger partial charge in [-0.3, -0.25) is 10.1 Å². The van der Waals surface area contributed by atoms with Crippen molar-refractivity contribution in [1.82, 2.24) is 0 Å². The summed E-state index contributed by atoms with van der Waals surface area (Å²) in [6, 6.07) is 25.6. The predicted octanol–water partition coefficient (Wildman–Crippen LogP) is 6.03. The maximum Gasteiger partial charge on any atom is 0.292 e. The Morgan fingerprint density at radius 2 is 1.45 bits per heavy atom. The summed E-state index contributed by atoms with van der Waals surface area (Å²) in [7, 11) is 0. The lowest BCUT2D eigenvalue weighted by atomic mass is 9.97. The van der Waals surface area contributed by atoms with Gasteiger partial charge < -0.3 is 10.2 Å². The summed E-state index contributed by atoms with van der Waals surface area (Å²) in [5, 5.41) is 15.3. The molecule has 31 heavy (non-hydrogen) atoms. The molecule has 1 aliphatic heterocycles. The van der Waals surface area contributed by atoms with Gasteiger partial charge in [-0.05, 0) is 54.4 Å². The van der Waals surface area contributed by atoms with Gasteiger partial charge in [0.15, 0.2) is 0 Å². The Morgan fingerprint density at radius 3 is 2.00 bits per heavy atom. The molecule has 2 bridgehead atoms. The van der Waals surface area contributed by atoms with Crippen molar-refractivity contribution < 1.29 is 4.92 Å². The Labute approximate surface area is 182 Å². The number of nitro benzene ring substituents is 1. The van der Waals surface area contributed by atoms with Crippen LogP contribution in [0.25, 0.3) is 0 Å². The van der Waals surface area contributed by atoms with Crippen LogP contribution in [0.3, 0.4) is 0 Å². The maximum atomic E-state index is 11.8. The average molecular weight is 414 g/mol. The molecule has 3 aromatic rings. The Balaban J connectivity index is 1.51. The Bertz CT molecular complexity index is 1000. The molecule has 0 aromatic heterocycles. The minimum Gasteiger partial charge on any atom is -0.371 e. The number of piperidine rings is 1. The highest BCUT2D eigenvalue weighted by Gasteiger charge is 2.33. The summed E-state index contributed by atoms with van der Waals surface area (Å²) >= 11 is 0. The van der Waals surface area contributed by atoms with E-state index in [4.69, 9.17) is 0 Å². The van der Waals surface area contributed by atoms with E-state index in [1.165, 1.54) is 19.3 Å². The molecule has 1 saturated heterocycles. The number of nitrogens with zero attached hydrogens (tertiary/aromatic N) is 2. The van der Waals surface area contributed by atoms with Crippen molar-refractivity contribution in [1.29, 1.82) is 0 Å². The first-order chi connectivity index (χ1) is 15.2. The van der Waals surface area contributed by atoms with Crippen LogP contribution in [0.2, 0.25) is 0 Å². The van der Waals surface area contributed by atoms with Crippen LogP contribution >= 0.6 is 0 Å². The standard InChI is InChI=1S/C26H27N3O2/c30-29(31)25-14-13-23(28-17-19-11-12-20(15-19)18-28)16-24(25)27-26(21-7-3-1-4-8-21)22-9-5-2-6-10-22/h1-10,13-14,16,19-20,26-27H,11-12,15,17-18H2. The zero-order chi connectivity index (χ0) is 21.2. The van der Waals surface area contributed by atoms with Crippen molar-refractivity contribution in [3.05, 3.63) is 100 Å². The first-order valence-corrected chi connectivity index (χ1v) is 11.1. The van der Waals surface area contributed by atoms with Crippen LogP contribution < -0.4 is 10.2 Å². The Morgan fingerprint density at radius 1 is 0.871 bits per heavy atom. The first kappa shape index (κ1) is 19.6. The van der Waals surface area contributed by atoms with Gasteiger partial charge in [0.2, 0.25) is 0 Å². The first-order valence-electron chi connectivity index (χ1n) is 11.1. The van der Waals surface area contributed by atoms with Crippen LogP contribution in [0.5, 0.6) is 0 Å². The van der Waals surface area contributed by atoms with Crippen LogP contribution in [0.4, 0.5) is 17.1 Å². The molecule has 2 fully saturated rings. The number of anilines is 2. The van der Waals surface area contributed by atoms with Crippen molar-refractivity contribution in [2.45, 2.75) is 25.3 Å². The Kier molecular flexibility index (Phi) is 5.33.